The molecule has 0 aliphatic heterocycles. The van der Waals surface area contributed by atoms with Crippen LogP contribution >= 0.6 is 34.2 Å². The van der Waals surface area contributed by atoms with Gasteiger partial charge in [0.1, 0.15) is 0 Å². The Morgan fingerprint density at radius 3 is 2.62 bits per heavy atom. The minimum absolute atomic E-state index is 0.638. The second-order valence-electron chi connectivity index (χ2n) is 3.36. The van der Waals surface area contributed by atoms with Gasteiger partial charge in [-0.3, -0.25) is 4.79 Å². The van der Waals surface area contributed by atoms with Crippen LogP contribution in [0.1, 0.15) is 10.4 Å². The van der Waals surface area contributed by atoms with Gasteiger partial charge in [0.05, 0.1) is 0 Å². The fourth-order valence-corrected chi connectivity index (χ4v) is 2.25. The van der Waals surface area contributed by atoms with Gasteiger partial charge in [-0.15, -0.1) is 0 Å². The molecule has 80 valence electrons. The molecule has 0 saturated carbocycles. The first-order chi connectivity index (χ1) is 7.70. The predicted molar refractivity (Wildman–Crippen MR) is 75.0 cm³/mol. The van der Waals surface area contributed by atoms with Crippen molar-refractivity contribution in [2.75, 3.05) is 0 Å². The van der Waals surface area contributed by atoms with E-state index in [9.17, 15) is 4.79 Å². The van der Waals surface area contributed by atoms with Crippen molar-refractivity contribution in [2.24, 2.45) is 0 Å². The van der Waals surface area contributed by atoms with E-state index in [0.717, 1.165) is 21.0 Å². The molecular formula is C13H8ClIO. The molecule has 0 aliphatic carbocycles. The van der Waals surface area contributed by atoms with Gasteiger partial charge < -0.3 is 0 Å². The number of aldehydes is 1. The van der Waals surface area contributed by atoms with Gasteiger partial charge >= 0.3 is 0 Å². The minimum atomic E-state index is 0.638. The molecule has 0 atom stereocenters. The van der Waals surface area contributed by atoms with E-state index in [-0.39, 0.29) is 0 Å². The molecule has 0 amide bonds. The zero-order valence-corrected chi connectivity index (χ0v) is 11.2. The lowest BCUT2D eigenvalue weighted by Crippen LogP contribution is -1.87. The van der Waals surface area contributed by atoms with Crippen molar-refractivity contribution in [1.29, 1.82) is 0 Å². The number of halogens is 2. The summed E-state index contributed by atoms with van der Waals surface area (Å²) in [6.07, 6.45) is 0.853. The van der Waals surface area contributed by atoms with Gasteiger partial charge in [-0.05, 0) is 64.0 Å². The molecule has 2 aromatic carbocycles. The molecule has 0 unspecified atom stereocenters. The first-order valence-electron chi connectivity index (χ1n) is 4.71. The second-order valence-corrected chi connectivity index (χ2v) is 5.04. The van der Waals surface area contributed by atoms with Crippen LogP contribution in [0.5, 0.6) is 0 Å². The number of rotatable bonds is 2. The highest BCUT2D eigenvalue weighted by molar-refractivity contribution is 14.1. The fourth-order valence-electron chi connectivity index (χ4n) is 1.54. The van der Waals surface area contributed by atoms with E-state index in [4.69, 9.17) is 11.6 Å². The molecule has 0 spiro atoms. The molecule has 0 heterocycles. The van der Waals surface area contributed by atoms with Gasteiger partial charge in [0, 0.05) is 14.2 Å². The summed E-state index contributed by atoms with van der Waals surface area (Å²) >= 11 is 8.19. The third-order valence-corrected chi connectivity index (χ3v) is 3.18. The van der Waals surface area contributed by atoms with Crippen molar-refractivity contribution in [3.63, 3.8) is 0 Å². The summed E-state index contributed by atoms with van der Waals surface area (Å²) in [5, 5.41) is 0.638. The normalized spacial score (nSPS) is 10.1. The Bertz CT molecular complexity index is 537. The SMILES string of the molecule is O=Cc1ccc(Cl)cc1-c1cccc(I)c1. The lowest BCUT2D eigenvalue weighted by molar-refractivity contribution is 0.112. The van der Waals surface area contributed by atoms with E-state index in [1.54, 1.807) is 12.1 Å². The average Bonchev–Trinajstić information content (AvgIpc) is 2.29. The van der Waals surface area contributed by atoms with Crippen molar-refractivity contribution >= 4 is 40.5 Å². The van der Waals surface area contributed by atoms with E-state index in [1.807, 2.05) is 30.3 Å². The van der Waals surface area contributed by atoms with Gasteiger partial charge in [0.25, 0.3) is 0 Å². The Morgan fingerprint density at radius 2 is 1.94 bits per heavy atom. The highest BCUT2D eigenvalue weighted by Gasteiger charge is 2.05. The van der Waals surface area contributed by atoms with Crippen LogP contribution in [-0.2, 0) is 0 Å². The molecule has 2 rings (SSSR count). The Morgan fingerprint density at radius 1 is 1.12 bits per heavy atom. The molecule has 0 bridgehead atoms. The molecular weight excluding hydrogens is 334 g/mol. The zero-order valence-electron chi connectivity index (χ0n) is 8.28. The first-order valence-corrected chi connectivity index (χ1v) is 6.17. The third kappa shape index (κ3) is 2.44. The average molecular weight is 343 g/mol. The largest absolute Gasteiger partial charge is 0.298 e. The van der Waals surface area contributed by atoms with Crippen LogP contribution in [0.2, 0.25) is 5.02 Å². The summed E-state index contributed by atoms with van der Waals surface area (Å²) in [6.45, 7) is 0. The standard InChI is InChI=1S/C13H8ClIO/c14-11-5-4-10(8-16)13(7-11)9-2-1-3-12(15)6-9/h1-8H. The molecule has 0 fully saturated rings. The summed E-state index contributed by atoms with van der Waals surface area (Å²) in [7, 11) is 0. The van der Waals surface area contributed by atoms with Crippen molar-refractivity contribution in [1.82, 2.24) is 0 Å². The molecule has 2 aromatic rings. The van der Waals surface area contributed by atoms with Gasteiger partial charge in [-0.25, -0.2) is 0 Å². The Hall–Kier alpha value is -0.870. The summed E-state index contributed by atoms with van der Waals surface area (Å²) in [6, 6.07) is 13.3. The van der Waals surface area contributed by atoms with Gasteiger partial charge in [-0.2, -0.15) is 0 Å². The van der Waals surface area contributed by atoms with Crippen molar-refractivity contribution in [3.05, 3.63) is 56.6 Å². The molecule has 1 nitrogen and oxygen atoms in total. The maximum atomic E-state index is 11.0. The molecule has 0 aromatic heterocycles. The summed E-state index contributed by atoms with van der Waals surface area (Å²) in [4.78, 5) is 11.0. The fraction of sp³-hybridized carbons (Fsp3) is 0. The molecule has 3 heteroatoms. The Labute approximate surface area is 113 Å². The summed E-state index contributed by atoms with van der Waals surface area (Å²) < 4.78 is 1.13. The lowest BCUT2D eigenvalue weighted by atomic mass is 10.0. The van der Waals surface area contributed by atoms with E-state index in [2.05, 4.69) is 22.6 Å². The van der Waals surface area contributed by atoms with Crippen molar-refractivity contribution in [3.8, 4) is 11.1 Å². The third-order valence-electron chi connectivity index (χ3n) is 2.28. The van der Waals surface area contributed by atoms with Crippen molar-refractivity contribution < 1.29 is 4.79 Å². The molecule has 0 aliphatic rings. The maximum absolute atomic E-state index is 11.0. The van der Waals surface area contributed by atoms with Gasteiger partial charge in [-0.1, -0.05) is 23.7 Å². The molecule has 16 heavy (non-hydrogen) atoms. The van der Waals surface area contributed by atoms with Crippen LogP contribution in [0, 0.1) is 3.57 Å². The van der Waals surface area contributed by atoms with Crippen LogP contribution in [0.3, 0.4) is 0 Å². The molecule has 0 saturated heterocycles. The topological polar surface area (TPSA) is 17.1 Å². The van der Waals surface area contributed by atoms with Gasteiger partial charge in [0.2, 0.25) is 0 Å². The Kier molecular flexibility index (Phi) is 3.61. The number of hydrogen-bond acceptors (Lipinski definition) is 1. The number of carbonyl (C=O) groups is 1. The molecule has 0 radical (unpaired) electrons. The molecule has 0 N–H and O–H groups in total. The van der Waals surface area contributed by atoms with Crippen LogP contribution in [0.25, 0.3) is 11.1 Å². The minimum Gasteiger partial charge on any atom is -0.298 e. The van der Waals surface area contributed by atoms with E-state index >= 15 is 0 Å². The Balaban J connectivity index is 2.62. The predicted octanol–water partition coefficient (Wildman–Crippen LogP) is 4.42. The van der Waals surface area contributed by atoms with Crippen LogP contribution < -0.4 is 0 Å². The van der Waals surface area contributed by atoms with E-state index < -0.39 is 0 Å². The second kappa shape index (κ2) is 4.97. The van der Waals surface area contributed by atoms with Crippen LogP contribution in [-0.4, -0.2) is 6.29 Å². The van der Waals surface area contributed by atoms with Gasteiger partial charge in [0.15, 0.2) is 6.29 Å². The maximum Gasteiger partial charge on any atom is 0.150 e. The summed E-state index contributed by atoms with van der Waals surface area (Å²) in [5.41, 5.74) is 2.55. The summed E-state index contributed by atoms with van der Waals surface area (Å²) in [5.74, 6) is 0. The first kappa shape index (κ1) is 11.6. The lowest BCUT2D eigenvalue weighted by Gasteiger charge is -2.06. The highest BCUT2D eigenvalue weighted by atomic mass is 127. The zero-order chi connectivity index (χ0) is 11.5. The van der Waals surface area contributed by atoms with E-state index in [0.29, 0.717) is 10.6 Å². The number of benzene rings is 2. The quantitative estimate of drug-likeness (QED) is 0.583. The number of hydrogen-bond donors (Lipinski definition) is 0. The van der Waals surface area contributed by atoms with Crippen LogP contribution in [0.15, 0.2) is 42.5 Å². The smallest absolute Gasteiger partial charge is 0.150 e. The number of carbonyl (C=O) groups excluding carboxylic acids is 1. The van der Waals surface area contributed by atoms with E-state index in [1.165, 1.54) is 0 Å². The highest BCUT2D eigenvalue weighted by Crippen LogP contribution is 2.27. The van der Waals surface area contributed by atoms with Crippen molar-refractivity contribution in [2.45, 2.75) is 0 Å². The van der Waals surface area contributed by atoms with Crippen LogP contribution in [0.4, 0.5) is 0 Å². The monoisotopic (exact) mass is 342 g/mol.